The number of hydrogen-bond acceptors (Lipinski definition) is 4. The first-order valence-electron chi connectivity index (χ1n) is 5.02. The van der Waals surface area contributed by atoms with Gasteiger partial charge < -0.3 is 9.47 Å². The van der Waals surface area contributed by atoms with E-state index in [1.165, 1.54) is 4.88 Å². The van der Waals surface area contributed by atoms with E-state index in [0.717, 1.165) is 6.42 Å². The largest absolute Gasteiger partial charge is 0.464 e. The van der Waals surface area contributed by atoms with Gasteiger partial charge in [-0.1, -0.05) is 6.07 Å². The number of hydrogen-bond donors (Lipinski definition) is 0. The van der Waals surface area contributed by atoms with E-state index in [1.54, 1.807) is 18.3 Å². The van der Waals surface area contributed by atoms with Crippen molar-refractivity contribution in [1.29, 1.82) is 0 Å². The standard InChI is InChI=1S/C11H14O3S/c1-3-13-10(12)9-11(2,14-9)7-8-5-4-6-15-8/h4-6,9H,3,7H2,1-2H3. The summed E-state index contributed by atoms with van der Waals surface area (Å²) in [4.78, 5) is 12.6. The summed E-state index contributed by atoms with van der Waals surface area (Å²) in [5, 5.41) is 2.03. The van der Waals surface area contributed by atoms with Crippen molar-refractivity contribution < 1.29 is 14.3 Å². The van der Waals surface area contributed by atoms with Crippen LogP contribution in [0.15, 0.2) is 17.5 Å². The first-order valence-corrected chi connectivity index (χ1v) is 5.90. The zero-order valence-electron chi connectivity index (χ0n) is 8.86. The number of ether oxygens (including phenoxy) is 2. The van der Waals surface area contributed by atoms with Gasteiger partial charge in [-0.25, -0.2) is 4.79 Å². The topological polar surface area (TPSA) is 38.8 Å². The molecule has 1 aliphatic heterocycles. The summed E-state index contributed by atoms with van der Waals surface area (Å²) < 4.78 is 10.3. The maximum absolute atomic E-state index is 11.4. The molecule has 82 valence electrons. The van der Waals surface area contributed by atoms with E-state index in [9.17, 15) is 4.79 Å². The molecule has 0 aromatic carbocycles. The summed E-state index contributed by atoms with van der Waals surface area (Å²) in [7, 11) is 0. The molecule has 2 heterocycles. The van der Waals surface area contributed by atoms with Crippen molar-refractivity contribution in [3.05, 3.63) is 22.4 Å². The van der Waals surface area contributed by atoms with Crippen LogP contribution in [0, 0.1) is 0 Å². The normalized spacial score (nSPS) is 28.8. The molecule has 1 aromatic heterocycles. The molecule has 0 aliphatic carbocycles. The minimum absolute atomic E-state index is 0.239. The molecule has 1 aliphatic rings. The van der Waals surface area contributed by atoms with Crippen molar-refractivity contribution in [3.63, 3.8) is 0 Å². The maximum atomic E-state index is 11.4. The summed E-state index contributed by atoms with van der Waals surface area (Å²) in [5.74, 6) is -0.239. The molecule has 1 saturated heterocycles. The van der Waals surface area contributed by atoms with E-state index in [1.807, 2.05) is 18.4 Å². The predicted molar refractivity (Wildman–Crippen MR) is 57.9 cm³/mol. The minimum atomic E-state index is -0.375. The third-order valence-corrected chi connectivity index (χ3v) is 3.37. The number of esters is 1. The van der Waals surface area contributed by atoms with E-state index < -0.39 is 0 Å². The number of carbonyl (C=O) groups is 1. The molecular formula is C11H14O3S. The summed E-state index contributed by atoms with van der Waals surface area (Å²) >= 11 is 1.68. The van der Waals surface area contributed by atoms with Crippen LogP contribution >= 0.6 is 11.3 Å². The molecule has 0 saturated carbocycles. The fourth-order valence-corrected chi connectivity index (χ4v) is 2.50. The van der Waals surface area contributed by atoms with E-state index >= 15 is 0 Å². The van der Waals surface area contributed by atoms with Crippen LogP contribution in [0.3, 0.4) is 0 Å². The molecule has 0 amide bonds. The Labute approximate surface area is 93.0 Å². The molecule has 0 radical (unpaired) electrons. The lowest BCUT2D eigenvalue weighted by atomic mass is 10.0. The van der Waals surface area contributed by atoms with E-state index in [-0.39, 0.29) is 17.7 Å². The molecule has 0 N–H and O–H groups in total. The number of carbonyl (C=O) groups excluding carboxylic acids is 1. The first-order chi connectivity index (χ1) is 7.15. The fraction of sp³-hybridized carbons (Fsp3) is 0.545. The lowest BCUT2D eigenvalue weighted by Crippen LogP contribution is -2.21. The summed E-state index contributed by atoms with van der Waals surface area (Å²) in [5.41, 5.74) is -0.350. The Balaban J connectivity index is 1.92. The highest BCUT2D eigenvalue weighted by Gasteiger charge is 2.57. The van der Waals surface area contributed by atoms with Crippen molar-refractivity contribution in [3.8, 4) is 0 Å². The molecule has 0 bridgehead atoms. The Morgan fingerprint density at radius 3 is 3.13 bits per heavy atom. The van der Waals surface area contributed by atoms with Crippen molar-refractivity contribution >= 4 is 17.3 Å². The van der Waals surface area contributed by atoms with Crippen LogP contribution < -0.4 is 0 Å². The lowest BCUT2D eigenvalue weighted by Gasteiger charge is -2.03. The molecule has 15 heavy (non-hydrogen) atoms. The van der Waals surface area contributed by atoms with Crippen molar-refractivity contribution in [1.82, 2.24) is 0 Å². The molecule has 4 heteroatoms. The van der Waals surface area contributed by atoms with Crippen LogP contribution in [-0.4, -0.2) is 24.3 Å². The highest BCUT2D eigenvalue weighted by atomic mass is 32.1. The van der Waals surface area contributed by atoms with Crippen molar-refractivity contribution in [2.45, 2.75) is 32.0 Å². The minimum Gasteiger partial charge on any atom is -0.464 e. The van der Waals surface area contributed by atoms with Gasteiger partial charge in [0.25, 0.3) is 0 Å². The molecule has 2 rings (SSSR count). The van der Waals surface area contributed by atoms with Crippen LogP contribution in [0.25, 0.3) is 0 Å². The van der Waals surface area contributed by atoms with Crippen molar-refractivity contribution in [2.75, 3.05) is 6.61 Å². The Morgan fingerprint density at radius 2 is 2.53 bits per heavy atom. The molecular weight excluding hydrogens is 212 g/mol. The van der Waals surface area contributed by atoms with Gasteiger partial charge in [-0.2, -0.15) is 0 Å². The van der Waals surface area contributed by atoms with Gasteiger partial charge in [-0.15, -0.1) is 11.3 Å². The highest BCUT2D eigenvalue weighted by molar-refractivity contribution is 7.09. The van der Waals surface area contributed by atoms with Gasteiger partial charge in [0.1, 0.15) is 5.60 Å². The Kier molecular flexibility index (Phi) is 2.80. The molecule has 1 aromatic rings. The van der Waals surface area contributed by atoms with Gasteiger partial charge in [0.2, 0.25) is 0 Å². The number of thiophene rings is 1. The van der Waals surface area contributed by atoms with Gasteiger partial charge in [-0.3, -0.25) is 0 Å². The average molecular weight is 226 g/mol. The predicted octanol–water partition coefficient (Wildman–Crippen LogP) is 2.01. The SMILES string of the molecule is CCOC(=O)C1OC1(C)Cc1cccs1. The van der Waals surface area contributed by atoms with Crippen LogP contribution in [0.1, 0.15) is 18.7 Å². The van der Waals surface area contributed by atoms with Crippen LogP contribution in [0.2, 0.25) is 0 Å². The van der Waals surface area contributed by atoms with E-state index in [0.29, 0.717) is 6.61 Å². The van der Waals surface area contributed by atoms with Crippen molar-refractivity contribution in [2.24, 2.45) is 0 Å². The van der Waals surface area contributed by atoms with Gasteiger partial charge in [0, 0.05) is 11.3 Å². The third-order valence-electron chi connectivity index (χ3n) is 2.49. The second-order valence-electron chi connectivity index (χ2n) is 3.82. The quantitative estimate of drug-likeness (QED) is 0.582. The van der Waals surface area contributed by atoms with Crippen LogP contribution in [-0.2, 0) is 20.7 Å². The molecule has 3 nitrogen and oxygen atoms in total. The zero-order valence-corrected chi connectivity index (χ0v) is 9.67. The Hall–Kier alpha value is -0.870. The van der Waals surface area contributed by atoms with E-state index in [4.69, 9.17) is 9.47 Å². The molecule has 2 atom stereocenters. The highest BCUT2D eigenvalue weighted by Crippen LogP contribution is 2.40. The first kappa shape index (κ1) is 10.6. The average Bonchev–Trinajstić information content (AvgIpc) is 2.61. The molecule has 2 unspecified atom stereocenters. The van der Waals surface area contributed by atoms with Crippen LogP contribution in [0.4, 0.5) is 0 Å². The monoisotopic (exact) mass is 226 g/mol. The summed E-state index contributed by atoms with van der Waals surface area (Å²) in [6.45, 7) is 4.17. The smallest absolute Gasteiger partial charge is 0.338 e. The lowest BCUT2D eigenvalue weighted by molar-refractivity contribution is -0.144. The molecule has 1 fully saturated rings. The Bertz CT molecular complexity index is 347. The molecule has 0 spiro atoms. The summed E-state index contributed by atoms with van der Waals surface area (Å²) in [6.07, 6.45) is 0.410. The van der Waals surface area contributed by atoms with Gasteiger partial charge >= 0.3 is 5.97 Å². The van der Waals surface area contributed by atoms with Crippen LogP contribution in [0.5, 0.6) is 0 Å². The zero-order chi connectivity index (χ0) is 10.9. The number of epoxide rings is 1. The summed E-state index contributed by atoms with van der Waals surface area (Å²) in [6, 6.07) is 4.06. The second-order valence-corrected chi connectivity index (χ2v) is 4.85. The van der Waals surface area contributed by atoms with Gasteiger partial charge in [0.15, 0.2) is 6.10 Å². The Morgan fingerprint density at radius 1 is 1.73 bits per heavy atom. The maximum Gasteiger partial charge on any atom is 0.338 e. The fourth-order valence-electron chi connectivity index (χ4n) is 1.64. The van der Waals surface area contributed by atoms with Gasteiger partial charge in [0.05, 0.1) is 6.61 Å². The van der Waals surface area contributed by atoms with Gasteiger partial charge in [-0.05, 0) is 25.3 Å². The second kappa shape index (κ2) is 3.94. The third kappa shape index (κ3) is 2.21. The number of rotatable bonds is 4. The van der Waals surface area contributed by atoms with E-state index in [2.05, 4.69) is 6.07 Å².